The number of carbonyl (C=O) groups excluding carboxylic acids is 1. The van der Waals surface area contributed by atoms with Crippen molar-refractivity contribution in [1.29, 1.82) is 0 Å². The zero-order valence-corrected chi connectivity index (χ0v) is 19.8. The molecule has 1 aliphatic heterocycles. The Morgan fingerprint density at radius 3 is 2.62 bits per heavy atom. The molecule has 7 rings (SSSR count). The van der Waals surface area contributed by atoms with E-state index in [1.165, 1.54) is 40.8 Å². The molecule has 5 aliphatic rings. The van der Waals surface area contributed by atoms with Gasteiger partial charge in [0.05, 0.1) is 16.0 Å². The van der Waals surface area contributed by atoms with Crippen LogP contribution in [0.25, 0.3) is 11.6 Å². The van der Waals surface area contributed by atoms with Gasteiger partial charge in [0.1, 0.15) is 0 Å². The lowest BCUT2D eigenvalue weighted by molar-refractivity contribution is -0.141. The molecule has 1 amide bonds. The summed E-state index contributed by atoms with van der Waals surface area (Å²) in [6.45, 7) is 2.12. The summed E-state index contributed by atoms with van der Waals surface area (Å²) in [6.07, 6.45) is 11.5. The van der Waals surface area contributed by atoms with E-state index >= 15 is 0 Å². The quantitative estimate of drug-likeness (QED) is 0.537. The van der Waals surface area contributed by atoms with Crippen LogP contribution in [0, 0.1) is 27.1 Å². The van der Waals surface area contributed by atoms with Crippen LogP contribution in [-0.4, -0.2) is 21.9 Å². The van der Waals surface area contributed by atoms with Crippen molar-refractivity contribution in [1.82, 2.24) is 4.68 Å². The van der Waals surface area contributed by atoms with E-state index in [1.54, 1.807) is 0 Å². The van der Waals surface area contributed by atoms with Crippen LogP contribution in [0.15, 0.2) is 23.2 Å². The van der Waals surface area contributed by atoms with Crippen molar-refractivity contribution in [3.63, 3.8) is 0 Å². The first-order chi connectivity index (χ1) is 15.5. The third-order valence-corrected chi connectivity index (χ3v) is 9.29. The molecule has 4 bridgehead atoms. The van der Waals surface area contributed by atoms with Gasteiger partial charge in [-0.25, -0.2) is 0 Å². The van der Waals surface area contributed by atoms with Crippen LogP contribution in [0.3, 0.4) is 0 Å². The Hall–Kier alpha value is -2.25. The van der Waals surface area contributed by atoms with E-state index in [-0.39, 0.29) is 17.2 Å². The van der Waals surface area contributed by atoms with E-state index in [2.05, 4.69) is 29.5 Å². The van der Waals surface area contributed by atoms with Crippen molar-refractivity contribution < 1.29 is 9.90 Å². The molecule has 2 N–H and O–H groups in total. The molecule has 1 aromatic heterocycles. The molecule has 0 saturated heterocycles. The number of benzene rings is 1. The number of amides is 1. The topological polar surface area (TPSA) is 66.6 Å². The fourth-order valence-corrected chi connectivity index (χ4v) is 8.09. The number of thiazole rings is 1. The summed E-state index contributed by atoms with van der Waals surface area (Å²) in [7, 11) is 0. The van der Waals surface area contributed by atoms with Gasteiger partial charge >= 0.3 is 0 Å². The SMILES string of the molecule is CCc1cccc2c1N=C/C2=C\c1sc(=S)n(NC(=O)C23CC4CC(CC(C4)C2)C3)c1O. The molecule has 0 radical (unpaired) electrons. The van der Waals surface area contributed by atoms with Gasteiger partial charge < -0.3 is 5.11 Å². The Labute approximate surface area is 196 Å². The highest BCUT2D eigenvalue weighted by molar-refractivity contribution is 7.73. The van der Waals surface area contributed by atoms with E-state index in [0.29, 0.717) is 26.6 Å². The van der Waals surface area contributed by atoms with Crippen molar-refractivity contribution in [3.05, 3.63) is 38.2 Å². The molecule has 1 aromatic carbocycles. The number of aryl methyl sites for hydroxylation is 1. The molecule has 2 aromatic rings. The van der Waals surface area contributed by atoms with Crippen molar-refractivity contribution >= 4 is 53.0 Å². The lowest BCUT2D eigenvalue weighted by atomic mass is 9.49. The molecule has 0 atom stereocenters. The number of aromatic hydroxyl groups is 1. The maximum atomic E-state index is 13.4. The second-order valence-electron chi connectivity index (χ2n) is 10.1. The molecule has 0 unspecified atom stereocenters. The van der Waals surface area contributed by atoms with Crippen molar-refractivity contribution in [3.8, 4) is 5.88 Å². The second-order valence-corrected chi connectivity index (χ2v) is 11.7. The minimum Gasteiger partial charge on any atom is -0.492 e. The Balaban J connectivity index is 1.29. The smallest absolute Gasteiger partial charge is 0.245 e. The van der Waals surface area contributed by atoms with Gasteiger partial charge in [0.25, 0.3) is 0 Å². The summed E-state index contributed by atoms with van der Waals surface area (Å²) in [5, 5.41) is 11.0. The van der Waals surface area contributed by atoms with E-state index in [0.717, 1.165) is 42.5 Å². The van der Waals surface area contributed by atoms with Gasteiger partial charge in [0, 0.05) is 17.4 Å². The Bertz CT molecular complexity index is 1200. The minimum atomic E-state index is -0.288. The molecular formula is C25H27N3O2S2. The number of fused-ring (bicyclic) bond motifs is 1. The van der Waals surface area contributed by atoms with Gasteiger partial charge in [-0.1, -0.05) is 36.5 Å². The number of hydrogen-bond acceptors (Lipinski definition) is 5. The van der Waals surface area contributed by atoms with E-state index < -0.39 is 0 Å². The highest BCUT2D eigenvalue weighted by Gasteiger charge is 2.54. The van der Waals surface area contributed by atoms with Crippen LogP contribution in [-0.2, 0) is 11.2 Å². The van der Waals surface area contributed by atoms with Crippen LogP contribution in [0.5, 0.6) is 5.88 Å². The van der Waals surface area contributed by atoms with Crippen molar-refractivity contribution in [2.75, 3.05) is 5.43 Å². The van der Waals surface area contributed by atoms with Gasteiger partial charge in [-0.3, -0.25) is 15.2 Å². The summed E-state index contributed by atoms with van der Waals surface area (Å²) >= 11 is 6.83. The predicted octanol–water partition coefficient (Wildman–Crippen LogP) is 6.09. The van der Waals surface area contributed by atoms with Gasteiger partial charge in [0.2, 0.25) is 11.8 Å². The van der Waals surface area contributed by atoms with Gasteiger partial charge in [-0.05, 0) is 86.6 Å². The van der Waals surface area contributed by atoms with E-state index in [4.69, 9.17) is 12.2 Å². The summed E-state index contributed by atoms with van der Waals surface area (Å²) in [4.78, 5) is 18.7. The first-order valence-corrected chi connectivity index (χ1v) is 12.8. The summed E-state index contributed by atoms with van der Waals surface area (Å²) in [5.41, 5.74) is 6.92. The fourth-order valence-electron chi connectivity index (χ4n) is 6.91. The molecule has 166 valence electrons. The van der Waals surface area contributed by atoms with E-state index in [9.17, 15) is 9.90 Å². The van der Waals surface area contributed by atoms with Crippen LogP contribution in [0.1, 0.15) is 61.5 Å². The number of nitrogens with one attached hydrogen (secondary N) is 1. The number of allylic oxidation sites excluding steroid dienone is 1. The number of hydrogen-bond donors (Lipinski definition) is 2. The highest BCUT2D eigenvalue weighted by Crippen LogP contribution is 2.60. The van der Waals surface area contributed by atoms with Crippen LogP contribution in [0.4, 0.5) is 5.69 Å². The number of aromatic nitrogens is 1. The molecule has 2 heterocycles. The first-order valence-electron chi connectivity index (χ1n) is 11.6. The Kier molecular flexibility index (Phi) is 4.70. The molecule has 4 saturated carbocycles. The summed E-state index contributed by atoms with van der Waals surface area (Å²) in [6, 6.07) is 6.19. The molecule has 0 spiro atoms. The fraction of sp³-hybridized carbons (Fsp3) is 0.480. The zero-order valence-electron chi connectivity index (χ0n) is 18.1. The van der Waals surface area contributed by atoms with Crippen molar-refractivity contribution in [2.24, 2.45) is 28.2 Å². The summed E-state index contributed by atoms with van der Waals surface area (Å²) < 4.78 is 1.85. The Morgan fingerprint density at radius 1 is 1.28 bits per heavy atom. The number of rotatable bonds is 4. The predicted molar refractivity (Wildman–Crippen MR) is 132 cm³/mol. The number of nitrogens with zero attached hydrogens (tertiary/aromatic N) is 2. The highest BCUT2D eigenvalue weighted by atomic mass is 32.1. The van der Waals surface area contributed by atoms with Crippen LogP contribution >= 0.6 is 23.6 Å². The third-order valence-electron chi connectivity index (χ3n) is 7.98. The number of aliphatic imine (C=N–C) groups is 1. The normalized spacial score (nSPS) is 30.8. The summed E-state index contributed by atoms with van der Waals surface area (Å²) in [5.74, 6) is 2.09. The molecule has 32 heavy (non-hydrogen) atoms. The average Bonchev–Trinajstić information content (AvgIpc) is 3.29. The number of para-hydroxylation sites is 1. The first kappa shape index (κ1) is 20.4. The molecule has 4 fully saturated rings. The lowest BCUT2D eigenvalue weighted by Gasteiger charge is -2.55. The largest absolute Gasteiger partial charge is 0.492 e. The van der Waals surface area contributed by atoms with Crippen LogP contribution in [0.2, 0.25) is 0 Å². The van der Waals surface area contributed by atoms with E-state index in [1.807, 2.05) is 18.4 Å². The van der Waals surface area contributed by atoms with Gasteiger partial charge in [-0.2, -0.15) is 4.68 Å². The van der Waals surface area contributed by atoms with Gasteiger partial charge in [0.15, 0.2) is 3.95 Å². The zero-order chi connectivity index (χ0) is 22.0. The van der Waals surface area contributed by atoms with Crippen molar-refractivity contribution in [2.45, 2.75) is 51.9 Å². The van der Waals surface area contributed by atoms with Gasteiger partial charge in [-0.15, -0.1) is 0 Å². The maximum Gasteiger partial charge on any atom is 0.245 e. The maximum absolute atomic E-state index is 13.4. The second kappa shape index (κ2) is 7.39. The minimum absolute atomic E-state index is 0.000857. The standard InChI is InChI=1S/C25H27N3O2S2/c1-2-17-4-3-5-19-18(13-26-21(17)19)9-20-22(29)28(24(31)32-20)27-23(30)25-10-14-6-15(11-25)8-16(7-14)12-25/h3-5,9,13-16,29H,2,6-8,10-12H2,1H3,(H,27,30)/b18-9+. The molecule has 5 nitrogen and oxygen atoms in total. The number of carbonyl (C=O) groups is 1. The monoisotopic (exact) mass is 465 g/mol. The van der Waals surface area contributed by atoms with Crippen LogP contribution < -0.4 is 5.43 Å². The molecular weight excluding hydrogens is 438 g/mol. The average molecular weight is 466 g/mol. The third kappa shape index (κ3) is 3.12. The Morgan fingerprint density at radius 2 is 1.97 bits per heavy atom. The molecule has 4 aliphatic carbocycles. The molecule has 7 heteroatoms. The lowest BCUT2D eigenvalue weighted by Crippen LogP contribution is -2.52.